The molecule has 0 aromatic heterocycles. The normalized spacial score (nSPS) is 15.1. The Labute approximate surface area is 188 Å². The highest BCUT2D eigenvalue weighted by Crippen LogP contribution is 2.39. The second kappa shape index (κ2) is 8.96. The fourth-order valence-electron chi connectivity index (χ4n) is 2.92. The first-order valence-electron chi connectivity index (χ1n) is 9.05. The third kappa shape index (κ3) is 4.54. The van der Waals surface area contributed by atoms with Gasteiger partial charge in [-0.2, -0.15) is 0 Å². The number of anilines is 1. The zero-order chi connectivity index (χ0) is 21.1. The van der Waals surface area contributed by atoms with E-state index in [4.69, 9.17) is 33.3 Å². The third-order valence-corrected chi connectivity index (χ3v) is 5.83. The van der Waals surface area contributed by atoms with Gasteiger partial charge in [0.1, 0.15) is 12.4 Å². The topological polar surface area (TPSA) is 53.4 Å². The monoisotopic (exact) mass is 454 g/mol. The minimum absolute atomic E-state index is 0.0956. The maximum atomic E-state index is 12.9. The van der Waals surface area contributed by atoms with Gasteiger partial charge in [-0.05, 0) is 59.3 Å². The van der Waals surface area contributed by atoms with Crippen molar-refractivity contribution in [2.75, 3.05) is 4.90 Å². The molecule has 3 aromatic carbocycles. The zero-order valence-corrected chi connectivity index (χ0v) is 18.0. The van der Waals surface area contributed by atoms with Crippen LogP contribution in [0.4, 0.5) is 5.69 Å². The molecule has 4 rings (SSSR count). The highest BCUT2D eigenvalue weighted by molar-refractivity contribution is 8.19. The van der Waals surface area contributed by atoms with Crippen LogP contribution in [0, 0.1) is 5.41 Å². The van der Waals surface area contributed by atoms with Crippen LogP contribution < -0.4 is 9.64 Å². The van der Waals surface area contributed by atoms with Gasteiger partial charge in [0.05, 0.1) is 15.6 Å². The predicted molar refractivity (Wildman–Crippen MR) is 124 cm³/mol. The molecule has 1 heterocycles. The number of ether oxygens (including phenoxy) is 1. The number of rotatable bonds is 5. The van der Waals surface area contributed by atoms with Crippen molar-refractivity contribution in [1.29, 1.82) is 5.41 Å². The van der Waals surface area contributed by atoms with Crippen molar-refractivity contribution < 1.29 is 9.53 Å². The Hall–Kier alpha value is -2.73. The molecule has 0 saturated carbocycles. The van der Waals surface area contributed by atoms with Crippen molar-refractivity contribution in [1.82, 2.24) is 0 Å². The molecule has 0 aliphatic carbocycles. The van der Waals surface area contributed by atoms with E-state index < -0.39 is 0 Å². The van der Waals surface area contributed by atoms with Gasteiger partial charge in [0.15, 0.2) is 5.17 Å². The molecule has 4 nitrogen and oxygen atoms in total. The SMILES string of the molecule is N=C1S/C(=C\c2ccc(OCc3ccccc3)cc2)C(=O)N1c1ccc(Cl)cc1Cl. The molecule has 1 saturated heterocycles. The highest BCUT2D eigenvalue weighted by Gasteiger charge is 2.34. The molecule has 1 amide bonds. The number of nitrogens with zero attached hydrogens (tertiary/aromatic N) is 1. The molecule has 3 aromatic rings. The van der Waals surface area contributed by atoms with E-state index in [0.717, 1.165) is 28.6 Å². The fourth-order valence-corrected chi connectivity index (χ4v) is 4.27. The largest absolute Gasteiger partial charge is 0.489 e. The first kappa shape index (κ1) is 20.5. The van der Waals surface area contributed by atoms with Gasteiger partial charge in [0.25, 0.3) is 5.91 Å². The van der Waals surface area contributed by atoms with E-state index >= 15 is 0 Å². The molecule has 0 unspecified atom stereocenters. The first-order chi connectivity index (χ1) is 14.5. The zero-order valence-electron chi connectivity index (χ0n) is 15.6. The standard InChI is InChI=1S/C23H16Cl2N2O2S/c24-17-8-11-20(19(25)13-17)27-22(28)21(30-23(27)26)12-15-6-9-18(10-7-15)29-14-16-4-2-1-3-5-16/h1-13,26H,14H2/b21-12-,26-23?. The molecule has 0 radical (unpaired) electrons. The number of carbonyl (C=O) groups is 1. The number of benzene rings is 3. The second-order valence-corrected chi connectivity index (χ2v) is 8.37. The highest BCUT2D eigenvalue weighted by atomic mass is 35.5. The van der Waals surface area contributed by atoms with Crippen LogP contribution in [0.5, 0.6) is 5.75 Å². The lowest BCUT2D eigenvalue weighted by molar-refractivity contribution is -0.113. The minimum Gasteiger partial charge on any atom is -0.489 e. The Morgan fingerprint density at radius 2 is 1.73 bits per heavy atom. The lowest BCUT2D eigenvalue weighted by Gasteiger charge is -2.16. The summed E-state index contributed by atoms with van der Waals surface area (Å²) in [5.74, 6) is 0.451. The summed E-state index contributed by atoms with van der Waals surface area (Å²) >= 11 is 13.2. The van der Waals surface area contributed by atoms with Crippen LogP contribution in [-0.2, 0) is 11.4 Å². The fraction of sp³-hybridized carbons (Fsp3) is 0.0435. The minimum atomic E-state index is -0.293. The molecule has 1 aliphatic rings. The Morgan fingerprint density at radius 1 is 1.00 bits per heavy atom. The Balaban J connectivity index is 1.48. The van der Waals surface area contributed by atoms with Crippen LogP contribution in [0.25, 0.3) is 6.08 Å². The summed E-state index contributed by atoms with van der Waals surface area (Å²) in [6, 6.07) is 22.2. The van der Waals surface area contributed by atoms with E-state index in [9.17, 15) is 4.79 Å². The molecule has 7 heteroatoms. The summed E-state index contributed by atoms with van der Waals surface area (Å²) in [6.45, 7) is 0.490. The number of hydrogen-bond donors (Lipinski definition) is 1. The van der Waals surface area contributed by atoms with Crippen LogP contribution in [0.1, 0.15) is 11.1 Å². The molecule has 1 N–H and O–H groups in total. The lowest BCUT2D eigenvalue weighted by Crippen LogP contribution is -2.28. The number of carbonyl (C=O) groups excluding carboxylic acids is 1. The summed E-state index contributed by atoms with van der Waals surface area (Å²) in [4.78, 5) is 14.6. The van der Waals surface area contributed by atoms with E-state index in [2.05, 4.69) is 0 Å². The van der Waals surface area contributed by atoms with Gasteiger partial charge in [-0.15, -0.1) is 0 Å². The van der Waals surface area contributed by atoms with Crippen LogP contribution in [0.3, 0.4) is 0 Å². The van der Waals surface area contributed by atoms with Crippen molar-refractivity contribution in [3.63, 3.8) is 0 Å². The summed E-state index contributed by atoms with van der Waals surface area (Å²) in [7, 11) is 0. The molecule has 150 valence electrons. The molecule has 1 fully saturated rings. The molecule has 0 bridgehead atoms. The van der Waals surface area contributed by atoms with Crippen LogP contribution in [0.2, 0.25) is 10.0 Å². The number of hydrogen-bond acceptors (Lipinski definition) is 4. The van der Waals surface area contributed by atoms with Crippen molar-refractivity contribution in [3.05, 3.63) is 98.9 Å². The van der Waals surface area contributed by atoms with E-state index in [1.54, 1.807) is 24.3 Å². The van der Waals surface area contributed by atoms with Gasteiger partial charge in [0, 0.05) is 5.02 Å². The van der Waals surface area contributed by atoms with Crippen LogP contribution in [0.15, 0.2) is 77.7 Å². The number of nitrogens with one attached hydrogen (secondary N) is 1. The van der Waals surface area contributed by atoms with Gasteiger partial charge in [-0.3, -0.25) is 15.1 Å². The van der Waals surface area contributed by atoms with Gasteiger partial charge in [-0.25, -0.2) is 0 Å². The summed E-state index contributed by atoms with van der Waals surface area (Å²) in [5.41, 5.74) is 2.38. The van der Waals surface area contributed by atoms with Gasteiger partial charge in [-0.1, -0.05) is 65.7 Å². The smallest absolute Gasteiger partial charge is 0.271 e. The third-order valence-electron chi connectivity index (χ3n) is 4.40. The Bertz CT molecular complexity index is 1130. The molecule has 0 spiro atoms. The summed E-state index contributed by atoms with van der Waals surface area (Å²) in [6.07, 6.45) is 1.76. The van der Waals surface area contributed by atoms with Crippen molar-refractivity contribution >= 4 is 57.8 Å². The number of amides is 1. The number of halogens is 2. The van der Waals surface area contributed by atoms with E-state index in [-0.39, 0.29) is 11.1 Å². The van der Waals surface area contributed by atoms with Crippen molar-refractivity contribution in [3.8, 4) is 5.75 Å². The Morgan fingerprint density at radius 3 is 2.43 bits per heavy atom. The first-order valence-corrected chi connectivity index (χ1v) is 10.6. The quantitative estimate of drug-likeness (QED) is 0.440. The maximum Gasteiger partial charge on any atom is 0.271 e. The number of amidine groups is 1. The molecular formula is C23H16Cl2N2O2S. The van der Waals surface area contributed by atoms with E-state index in [1.165, 1.54) is 4.90 Å². The summed E-state index contributed by atoms with van der Waals surface area (Å²) in [5, 5.41) is 9.10. The van der Waals surface area contributed by atoms with Gasteiger partial charge < -0.3 is 4.74 Å². The second-order valence-electron chi connectivity index (χ2n) is 6.50. The average Bonchev–Trinajstić information content (AvgIpc) is 3.01. The lowest BCUT2D eigenvalue weighted by atomic mass is 10.2. The molecule has 0 atom stereocenters. The van der Waals surface area contributed by atoms with E-state index in [0.29, 0.717) is 27.2 Å². The molecule has 30 heavy (non-hydrogen) atoms. The van der Waals surface area contributed by atoms with Crippen LogP contribution >= 0.6 is 35.0 Å². The van der Waals surface area contributed by atoms with Crippen molar-refractivity contribution in [2.45, 2.75) is 6.61 Å². The average molecular weight is 455 g/mol. The maximum absolute atomic E-state index is 12.9. The van der Waals surface area contributed by atoms with E-state index in [1.807, 2.05) is 54.6 Å². The van der Waals surface area contributed by atoms with Gasteiger partial charge in [0.2, 0.25) is 0 Å². The summed E-state index contributed by atoms with van der Waals surface area (Å²) < 4.78 is 5.79. The van der Waals surface area contributed by atoms with Gasteiger partial charge >= 0.3 is 0 Å². The van der Waals surface area contributed by atoms with Crippen LogP contribution in [-0.4, -0.2) is 11.1 Å². The van der Waals surface area contributed by atoms with Crippen molar-refractivity contribution in [2.24, 2.45) is 0 Å². The number of thioether (sulfide) groups is 1. The molecule has 1 aliphatic heterocycles. The molecular weight excluding hydrogens is 439 g/mol. The Kier molecular flexibility index (Phi) is 6.13. The predicted octanol–water partition coefficient (Wildman–Crippen LogP) is 6.63.